The highest BCUT2D eigenvalue weighted by molar-refractivity contribution is 6.08. The van der Waals surface area contributed by atoms with E-state index in [1.54, 1.807) is 20.8 Å². The molecular formula is C20H25N3O6. The average Bonchev–Trinajstić information content (AvgIpc) is 3.41. The standard InChI is InChI=1S/C20H25N3O6/c1-9(2)17(20(27)28-8-14(24)21-13-6-10(3)29-22-13)23-18(25)15-11-4-5-12(7-11)16(15)19(23)26/h6,9,11-12,15-17H,4-5,7-8H2,1-3H3,(H,21,22,24)/t11-,12-,15-,16+,17+/m1/s1. The number of rotatable bonds is 6. The van der Waals surface area contributed by atoms with Crippen LogP contribution in [0.5, 0.6) is 0 Å². The Balaban J connectivity index is 1.42. The second-order valence-corrected chi connectivity index (χ2v) is 8.60. The SMILES string of the molecule is Cc1cc(NC(=O)COC(=O)[C@H](C(C)C)N2C(=O)[C@@H]3[C@@H]4CC[C@H](C4)[C@@H]3C2=O)no1. The van der Waals surface area contributed by atoms with Crippen LogP contribution in [0.1, 0.15) is 38.9 Å². The highest BCUT2D eigenvalue weighted by Gasteiger charge is 2.62. The molecule has 1 saturated heterocycles. The number of anilines is 1. The summed E-state index contributed by atoms with van der Waals surface area (Å²) in [5.74, 6) is -1.53. The molecule has 1 aromatic rings. The van der Waals surface area contributed by atoms with Crippen molar-refractivity contribution in [2.24, 2.45) is 29.6 Å². The number of imide groups is 1. The number of carbonyl (C=O) groups is 4. The molecule has 2 aliphatic carbocycles. The molecule has 9 nitrogen and oxygen atoms in total. The Labute approximate surface area is 168 Å². The summed E-state index contributed by atoms with van der Waals surface area (Å²) < 4.78 is 10.0. The lowest BCUT2D eigenvalue weighted by atomic mass is 9.81. The average molecular weight is 403 g/mol. The minimum atomic E-state index is -1.03. The normalized spacial score (nSPS) is 28.8. The molecule has 2 bridgehead atoms. The molecule has 2 heterocycles. The molecule has 1 aliphatic heterocycles. The highest BCUT2D eigenvalue weighted by atomic mass is 16.5. The third-order valence-electron chi connectivity index (χ3n) is 6.35. The Bertz CT molecular complexity index is 834. The van der Waals surface area contributed by atoms with Gasteiger partial charge in [0.2, 0.25) is 11.8 Å². The number of amides is 3. The number of hydrogen-bond donors (Lipinski definition) is 1. The number of carbonyl (C=O) groups excluding carboxylic acids is 4. The van der Waals surface area contributed by atoms with Gasteiger partial charge < -0.3 is 14.6 Å². The third kappa shape index (κ3) is 3.32. The molecule has 3 fully saturated rings. The maximum Gasteiger partial charge on any atom is 0.330 e. The van der Waals surface area contributed by atoms with E-state index in [0.717, 1.165) is 24.2 Å². The third-order valence-corrected chi connectivity index (χ3v) is 6.35. The van der Waals surface area contributed by atoms with Crippen LogP contribution in [0.3, 0.4) is 0 Å². The maximum absolute atomic E-state index is 13.0. The van der Waals surface area contributed by atoms with Crippen LogP contribution in [0.15, 0.2) is 10.6 Å². The monoisotopic (exact) mass is 403 g/mol. The zero-order valence-electron chi connectivity index (χ0n) is 16.7. The number of likely N-dealkylation sites (tertiary alicyclic amines) is 1. The van der Waals surface area contributed by atoms with Gasteiger partial charge in [-0.25, -0.2) is 4.79 Å². The fourth-order valence-corrected chi connectivity index (χ4v) is 5.21. The molecule has 3 aliphatic rings. The molecule has 29 heavy (non-hydrogen) atoms. The van der Waals surface area contributed by atoms with E-state index in [9.17, 15) is 19.2 Å². The molecule has 0 spiro atoms. The molecule has 0 aromatic carbocycles. The largest absolute Gasteiger partial charge is 0.454 e. The lowest BCUT2D eigenvalue weighted by Gasteiger charge is -2.28. The summed E-state index contributed by atoms with van der Waals surface area (Å²) in [6.07, 6.45) is 2.87. The predicted molar refractivity (Wildman–Crippen MR) is 99.1 cm³/mol. The van der Waals surface area contributed by atoms with Gasteiger partial charge in [0.15, 0.2) is 12.4 Å². The van der Waals surface area contributed by atoms with Crippen LogP contribution in [0.4, 0.5) is 5.82 Å². The van der Waals surface area contributed by atoms with E-state index in [1.165, 1.54) is 6.07 Å². The number of aromatic nitrogens is 1. The highest BCUT2D eigenvalue weighted by Crippen LogP contribution is 2.56. The number of esters is 1. The second-order valence-electron chi connectivity index (χ2n) is 8.60. The van der Waals surface area contributed by atoms with E-state index in [-0.39, 0.29) is 47.2 Å². The molecule has 3 amide bonds. The van der Waals surface area contributed by atoms with Gasteiger partial charge in [-0.15, -0.1) is 0 Å². The fourth-order valence-electron chi connectivity index (χ4n) is 5.21. The first-order valence-corrected chi connectivity index (χ1v) is 10.0. The van der Waals surface area contributed by atoms with Gasteiger partial charge in [0.1, 0.15) is 11.8 Å². The second kappa shape index (κ2) is 7.27. The van der Waals surface area contributed by atoms with Gasteiger partial charge in [0.25, 0.3) is 5.91 Å². The summed E-state index contributed by atoms with van der Waals surface area (Å²) in [6.45, 7) is 4.66. The number of fused-ring (bicyclic) bond motifs is 5. The summed E-state index contributed by atoms with van der Waals surface area (Å²) in [5.41, 5.74) is 0. The lowest BCUT2D eigenvalue weighted by Crippen LogP contribution is -2.50. The van der Waals surface area contributed by atoms with Crippen LogP contribution < -0.4 is 5.32 Å². The van der Waals surface area contributed by atoms with E-state index in [1.807, 2.05) is 0 Å². The van der Waals surface area contributed by atoms with Crippen LogP contribution in [-0.4, -0.2) is 46.4 Å². The quantitative estimate of drug-likeness (QED) is 0.565. The zero-order chi connectivity index (χ0) is 20.9. The van der Waals surface area contributed by atoms with E-state index < -0.39 is 24.5 Å². The number of aryl methyl sites for hydroxylation is 1. The van der Waals surface area contributed by atoms with Crippen LogP contribution in [0.2, 0.25) is 0 Å². The van der Waals surface area contributed by atoms with Gasteiger partial charge >= 0.3 is 5.97 Å². The Morgan fingerprint density at radius 1 is 1.24 bits per heavy atom. The summed E-state index contributed by atoms with van der Waals surface area (Å²) in [5, 5.41) is 6.09. The van der Waals surface area contributed by atoms with Crippen LogP contribution in [0.25, 0.3) is 0 Å². The molecular weight excluding hydrogens is 378 g/mol. The number of hydrogen-bond acceptors (Lipinski definition) is 7. The van der Waals surface area contributed by atoms with Crippen molar-refractivity contribution in [3.8, 4) is 0 Å². The van der Waals surface area contributed by atoms with Gasteiger partial charge in [-0.1, -0.05) is 19.0 Å². The lowest BCUT2D eigenvalue weighted by molar-refractivity contribution is -0.162. The molecule has 9 heteroatoms. The number of nitrogens with one attached hydrogen (secondary N) is 1. The molecule has 1 aromatic heterocycles. The van der Waals surface area contributed by atoms with E-state index in [2.05, 4.69) is 10.5 Å². The zero-order valence-corrected chi connectivity index (χ0v) is 16.7. The first-order valence-electron chi connectivity index (χ1n) is 10.0. The van der Waals surface area contributed by atoms with Gasteiger partial charge in [-0.3, -0.25) is 19.3 Å². The molecule has 156 valence electrons. The summed E-state index contributed by atoms with van der Waals surface area (Å²) in [6, 6.07) is 0.507. The fraction of sp³-hybridized carbons (Fsp3) is 0.650. The molecule has 0 radical (unpaired) electrons. The van der Waals surface area contributed by atoms with Gasteiger partial charge in [0.05, 0.1) is 11.8 Å². The summed E-state index contributed by atoms with van der Waals surface area (Å²) in [7, 11) is 0. The van der Waals surface area contributed by atoms with Gasteiger partial charge in [-0.05, 0) is 43.9 Å². The summed E-state index contributed by atoms with van der Waals surface area (Å²) in [4.78, 5) is 51.9. The van der Waals surface area contributed by atoms with Crippen molar-refractivity contribution in [2.45, 2.75) is 46.1 Å². The topological polar surface area (TPSA) is 119 Å². The Morgan fingerprint density at radius 2 is 1.86 bits per heavy atom. The predicted octanol–water partition coefficient (Wildman–Crippen LogP) is 1.52. The first-order chi connectivity index (χ1) is 13.8. The van der Waals surface area contributed by atoms with E-state index in [4.69, 9.17) is 9.26 Å². The van der Waals surface area contributed by atoms with Crippen molar-refractivity contribution >= 4 is 29.5 Å². The Kier molecular flexibility index (Phi) is 4.92. The van der Waals surface area contributed by atoms with Crippen molar-refractivity contribution in [2.75, 3.05) is 11.9 Å². The minimum Gasteiger partial charge on any atom is -0.454 e. The summed E-state index contributed by atoms with van der Waals surface area (Å²) >= 11 is 0. The van der Waals surface area contributed by atoms with Crippen molar-refractivity contribution in [1.29, 1.82) is 0 Å². The molecule has 0 unspecified atom stereocenters. The van der Waals surface area contributed by atoms with Gasteiger partial charge in [0, 0.05) is 6.07 Å². The minimum absolute atomic E-state index is 0.220. The number of nitrogens with zero attached hydrogens (tertiary/aromatic N) is 2. The maximum atomic E-state index is 13.0. The smallest absolute Gasteiger partial charge is 0.330 e. The van der Waals surface area contributed by atoms with Crippen molar-refractivity contribution in [1.82, 2.24) is 10.1 Å². The van der Waals surface area contributed by atoms with Crippen molar-refractivity contribution < 1.29 is 28.4 Å². The van der Waals surface area contributed by atoms with Crippen molar-refractivity contribution in [3.63, 3.8) is 0 Å². The van der Waals surface area contributed by atoms with Crippen LogP contribution in [0, 0.1) is 36.5 Å². The number of ether oxygens (including phenoxy) is 1. The van der Waals surface area contributed by atoms with Crippen molar-refractivity contribution in [3.05, 3.63) is 11.8 Å². The molecule has 1 N–H and O–H groups in total. The van der Waals surface area contributed by atoms with Crippen LogP contribution >= 0.6 is 0 Å². The molecule has 2 saturated carbocycles. The Morgan fingerprint density at radius 3 is 2.38 bits per heavy atom. The molecule has 4 rings (SSSR count). The first kappa shape index (κ1) is 19.6. The van der Waals surface area contributed by atoms with Gasteiger partial charge in [-0.2, -0.15) is 0 Å². The van der Waals surface area contributed by atoms with Crippen LogP contribution in [-0.2, 0) is 23.9 Å². The van der Waals surface area contributed by atoms with E-state index in [0.29, 0.717) is 5.76 Å². The van der Waals surface area contributed by atoms with E-state index >= 15 is 0 Å². The Hall–Kier alpha value is -2.71. The molecule has 5 atom stereocenters.